The van der Waals surface area contributed by atoms with E-state index >= 15 is 4.39 Å². The molecule has 5 rings (SSSR count). The molecule has 3 aromatic rings. The first-order valence-electron chi connectivity index (χ1n) is 12.0. The molecule has 0 spiro atoms. The number of aromatic nitrogens is 4. The van der Waals surface area contributed by atoms with Gasteiger partial charge in [0.15, 0.2) is 0 Å². The highest BCUT2D eigenvalue weighted by atomic mass is 32.2. The van der Waals surface area contributed by atoms with Crippen molar-refractivity contribution in [3.8, 4) is 22.5 Å². The van der Waals surface area contributed by atoms with Crippen LogP contribution >= 0.6 is 0 Å². The average molecular weight is 500 g/mol. The van der Waals surface area contributed by atoms with Gasteiger partial charge < -0.3 is 10.6 Å². The molecule has 0 saturated carbocycles. The molecule has 5 N–H and O–H groups in total. The molecule has 0 unspecified atom stereocenters. The van der Waals surface area contributed by atoms with Crippen molar-refractivity contribution in [1.29, 1.82) is 0 Å². The second-order valence-corrected chi connectivity index (χ2v) is 11.0. The molecule has 0 radical (unpaired) electrons. The fourth-order valence-electron chi connectivity index (χ4n) is 5.30. The van der Waals surface area contributed by atoms with Crippen LogP contribution in [0.2, 0.25) is 0 Å². The predicted molar refractivity (Wildman–Crippen MR) is 131 cm³/mol. The summed E-state index contributed by atoms with van der Waals surface area (Å²) >= 11 is 0. The fraction of sp³-hybridized carbons (Fsp3) is 0.458. The Morgan fingerprint density at radius 3 is 2.31 bits per heavy atom. The van der Waals surface area contributed by atoms with Gasteiger partial charge >= 0.3 is 0 Å². The summed E-state index contributed by atoms with van der Waals surface area (Å²) in [4.78, 5) is -0.144. The number of rotatable bonds is 6. The Balaban J connectivity index is 1.61. The summed E-state index contributed by atoms with van der Waals surface area (Å²) in [6, 6.07) is 11.6. The van der Waals surface area contributed by atoms with Gasteiger partial charge in [-0.3, -0.25) is 0 Å². The van der Waals surface area contributed by atoms with E-state index < -0.39 is 15.7 Å². The summed E-state index contributed by atoms with van der Waals surface area (Å²) in [6.45, 7) is 3.08. The number of aromatic amines is 1. The van der Waals surface area contributed by atoms with E-state index in [1.807, 2.05) is 12.1 Å². The van der Waals surface area contributed by atoms with Gasteiger partial charge in [-0.05, 0) is 85.2 Å². The fourth-order valence-corrected chi connectivity index (χ4v) is 6.29. The molecule has 0 atom stereocenters. The maximum Gasteiger partial charge on any atom is 0.239 e. The minimum atomic E-state index is -4.23. The second-order valence-electron chi connectivity index (χ2n) is 9.48. The molecule has 0 bridgehead atoms. The van der Waals surface area contributed by atoms with Crippen LogP contribution in [0.15, 0.2) is 41.3 Å². The van der Waals surface area contributed by atoms with Crippen LogP contribution in [0.25, 0.3) is 22.5 Å². The van der Waals surface area contributed by atoms with Crippen LogP contribution in [-0.4, -0.2) is 60.9 Å². The average Bonchev–Trinajstić information content (AvgIpc) is 3.39. The Morgan fingerprint density at radius 2 is 1.69 bits per heavy atom. The Bertz CT molecular complexity index is 1270. The summed E-state index contributed by atoms with van der Waals surface area (Å²) in [7, 11) is -4.23. The molecule has 11 heteroatoms. The molecule has 1 aromatic heterocycles. The van der Waals surface area contributed by atoms with Crippen molar-refractivity contribution in [2.75, 3.05) is 26.2 Å². The number of hydrogen-bond donors (Lipinski definition) is 4. The van der Waals surface area contributed by atoms with Crippen LogP contribution in [0.3, 0.4) is 0 Å². The molecule has 2 saturated heterocycles. The lowest BCUT2D eigenvalue weighted by Gasteiger charge is -2.31. The van der Waals surface area contributed by atoms with Crippen LogP contribution in [0.5, 0.6) is 0 Å². The minimum absolute atomic E-state index is 0.0553. The van der Waals surface area contributed by atoms with E-state index in [0.29, 0.717) is 43.0 Å². The van der Waals surface area contributed by atoms with E-state index in [-0.39, 0.29) is 22.7 Å². The van der Waals surface area contributed by atoms with Crippen LogP contribution in [0, 0.1) is 0 Å². The van der Waals surface area contributed by atoms with Gasteiger partial charge in [-0.2, -0.15) is 5.21 Å². The number of nitrogens with zero attached hydrogens (tertiary/aromatic N) is 3. The monoisotopic (exact) mass is 499 g/mol. The molecule has 0 amide bonds. The third-order valence-corrected chi connectivity index (χ3v) is 8.17. The van der Waals surface area contributed by atoms with Crippen molar-refractivity contribution in [2.24, 2.45) is 5.14 Å². The van der Waals surface area contributed by atoms with Gasteiger partial charge in [0.2, 0.25) is 15.8 Å². The van der Waals surface area contributed by atoms with Gasteiger partial charge in [0, 0.05) is 6.42 Å². The van der Waals surface area contributed by atoms with Crippen LogP contribution in [0.4, 0.5) is 4.39 Å². The molecule has 9 nitrogen and oxygen atoms in total. The molecule has 186 valence electrons. The van der Waals surface area contributed by atoms with Crippen LogP contribution in [-0.2, 0) is 16.4 Å². The third kappa shape index (κ3) is 5.13. The first kappa shape index (κ1) is 24.0. The van der Waals surface area contributed by atoms with Crippen molar-refractivity contribution < 1.29 is 12.8 Å². The number of tetrazole rings is 1. The first-order valence-corrected chi connectivity index (χ1v) is 13.5. The number of hydrogen-bond acceptors (Lipinski definition) is 7. The first-order chi connectivity index (χ1) is 16.8. The number of benzene rings is 2. The lowest BCUT2D eigenvalue weighted by atomic mass is 9.85. The molecule has 3 heterocycles. The van der Waals surface area contributed by atoms with E-state index in [1.165, 1.54) is 5.56 Å². The number of halogens is 1. The summed E-state index contributed by atoms with van der Waals surface area (Å²) < 4.78 is 41.4. The number of alkyl halides is 1. The normalized spacial score (nSPS) is 19.0. The maximum atomic E-state index is 15.6. The molecule has 35 heavy (non-hydrogen) atoms. The number of primary sulfonamides is 1. The van der Waals surface area contributed by atoms with Crippen molar-refractivity contribution in [3.63, 3.8) is 0 Å². The van der Waals surface area contributed by atoms with Crippen molar-refractivity contribution in [1.82, 2.24) is 31.3 Å². The highest BCUT2D eigenvalue weighted by Gasteiger charge is 2.35. The van der Waals surface area contributed by atoms with Crippen LogP contribution in [0.1, 0.15) is 42.7 Å². The smallest absolute Gasteiger partial charge is 0.239 e. The highest BCUT2D eigenvalue weighted by molar-refractivity contribution is 7.89. The number of piperidine rings is 2. The van der Waals surface area contributed by atoms with Gasteiger partial charge in [-0.25, -0.2) is 17.9 Å². The Hall–Kier alpha value is -2.73. The van der Waals surface area contributed by atoms with Gasteiger partial charge in [0.1, 0.15) is 5.67 Å². The van der Waals surface area contributed by atoms with Gasteiger partial charge in [0.25, 0.3) is 0 Å². The van der Waals surface area contributed by atoms with E-state index in [4.69, 9.17) is 5.14 Å². The highest BCUT2D eigenvalue weighted by Crippen LogP contribution is 2.40. The lowest BCUT2D eigenvalue weighted by Crippen LogP contribution is -2.40. The number of nitrogens with one attached hydrogen (secondary N) is 3. The standard InChI is InChI=1S/C24H30FN7O2S/c25-24(9-13-28-14-10-24)15-19-5-6-20(21(22(19)35(26,33)34)23-29-31-32-30-23)18-3-1-16(2-4-18)17-7-11-27-12-8-17/h1-6,17,27-28H,7-15H2,(H2,26,33,34)(H,29,30,31,32). The van der Waals surface area contributed by atoms with E-state index in [2.05, 4.69) is 43.4 Å². The third-order valence-electron chi connectivity index (χ3n) is 7.13. The SMILES string of the molecule is NS(=O)(=O)c1c(CC2(F)CCNCC2)ccc(-c2ccc(C3CCNCC3)cc2)c1-c1nn[nH]n1. The zero-order valence-corrected chi connectivity index (χ0v) is 20.2. The second kappa shape index (κ2) is 9.73. The number of nitrogens with two attached hydrogens (primary N) is 1. The van der Waals surface area contributed by atoms with Crippen LogP contribution < -0.4 is 15.8 Å². The summed E-state index contributed by atoms with van der Waals surface area (Å²) in [5.41, 5.74) is 1.71. The molecule has 2 aliphatic rings. The molecule has 2 aromatic carbocycles. The summed E-state index contributed by atoms with van der Waals surface area (Å²) in [5.74, 6) is 0.599. The molecular formula is C24H30FN7O2S. The maximum absolute atomic E-state index is 15.6. The van der Waals surface area contributed by atoms with E-state index in [0.717, 1.165) is 31.5 Å². The van der Waals surface area contributed by atoms with E-state index in [1.54, 1.807) is 12.1 Å². The molecular weight excluding hydrogens is 469 g/mol. The molecule has 0 aliphatic carbocycles. The van der Waals surface area contributed by atoms with Gasteiger partial charge in [-0.1, -0.05) is 36.4 Å². The predicted octanol–water partition coefficient (Wildman–Crippen LogP) is 2.28. The zero-order valence-electron chi connectivity index (χ0n) is 19.4. The summed E-state index contributed by atoms with van der Waals surface area (Å²) in [5, 5.41) is 26.4. The molecule has 2 aliphatic heterocycles. The Labute approximate surface area is 204 Å². The summed E-state index contributed by atoms with van der Waals surface area (Å²) in [6.07, 6.45) is 2.71. The van der Waals surface area contributed by atoms with Crippen molar-refractivity contribution in [3.05, 3.63) is 47.5 Å². The number of H-pyrrole nitrogens is 1. The topological polar surface area (TPSA) is 139 Å². The Morgan fingerprint density at radius 1 is 1.00 bits per heavy atom. The minimum Gasteiger partial charge on any atom is -0.317 e. The van der Waals surface area contributed by atoms with Gasteiger partial charge in [0.05, 0.1) is 10.5 Å². The quantitative estimate of drug-likeness (QED) is 0.408. The Kier molecular flexibility index (Phi) is 6.67. The van der Waals surface area contributed by atoms with Crippen molar-refractivity contribution >= 4 is 10.0 Å². The van der Waals surface area contributed by atoms with Crippen molar-refractivity contribution in [2.45, 2.75) is 48.6 Å². The van der Waals surface area contributed by atoms with E-state index in [9.17, 15) is 8.42 Å². The largest absolute Gasteiger partial charge is 0.317 e. The number of sulfonamides is 1. The molecule has 2 fully saturated rings. The lowest BCUT2D eigenvalue weighted by molar-refractivity contribution is 0.115. The zero-order chi connectivity index (χ0) is 24.5. The van der Waals surface area contributed by atoms with Gasteiger partial charge in [-0.15, -0.1) is 10.2 Å².